The lowest BCUT2D eigenvalue weighted by Gasteiger charge is -2.47. The number of hydrogen-bond donors (Lipinski definition) is 7. The number of aliphatic carboxylic acids is 1. The smallest absolute Gasteiger partial charge is 0.335 e. The third kappa shape index (κ3) is 5.39. The minimum Gasteiger partial charge on any atom is -0.479 e. The lowest BCUT2D eigenvalue weighted by Crippen LogP contribution is -2.67. The normalized spacial score (nSPS) is 42.6. The Kier molecular flexibility index (Phi) is 9.33. The summed E-state index contributed by atoms with van der Waals surface area (Å²) in [5.41, 5.74) is 0. The highest BCUT2D eigenvalue weighted by Crippen LogP contribution is 2.30. The first-order chi connectivity index (χ1) is 13.1. The van der Waals surface area contributed by atoms with E-state index < -0.39 is 79.6 Å². The van der Waals surface area contributed by atoms with E-state index in [1.807, 2.05) is 0 Å². The summed E-state index contributed by atoms with van der Waals surface area (Å²) in [6.07, 6.45) is -12.4. The van der Waals surface area contributed by atoms with Gasteiger partial charge in [0.15, 0.2) is 12.4 Å². The number of carbonyl (C=O) groups is 2. The van der Waals surface area contributed by atoms with E-state index in [-0.39, 0.29) is 6.15 Å². The zero-order chi connectivity index (χ0) is 21.2. The van der Waals surface area contributed by atoms with Crippen molar-refractivity contribution < 1.29 is 54.1 Å². The van der Waals surface area contributed by atoms with Crippen LogP contribution in [-0.4, -0.2) is 112 Å². The maximum atomic E-state index is 11.5. The number of rotatable bonds is 6. The molecular weight excluding hydrogens is 396 g/mol. The molecular formula is C16H30N2O11. The largest absolute Gasteiger partial charge is 0.479 e. The molecule has 0 aromatic heterocycles. The summed E-state index contributed by atoms with van der Waals surface area (Å²) in [4.78, 5) is 23.0. The van der Waals surface area contributed by atoms with E-state index in [0.29, 0.717) is 0 Å². The van der Waals surface area contributed by atoms with Crippen LogP contribution in [-0.2, 0) is 28.5 Å². The second-order valence-electron chi connectivity index (χ2n) is 6.82. The summed E-state index contributed by atoms with van der Waals surface area (Å²) >= 11 is 0. The van der Waals surface area contributed by atoms with Crippen LogP contribution in [0.1, 0.15) is 13.8 Å². The van der Waals surface area contributed by atoms with Crippen LogP contribution in [0, 0.1) is 0 Å². The van der Waals surface area contributed by atoms with Crippen LogP contribution in [0.5, 0.6) is 0 Å². The van der Waals surface area contributed by atoms with Gasteiger partial charge in [-0.2, -0.15) is 0 Å². The van der Waals surface area contributed by atoms with E-state index in [0.717, 1.165) is 7.11 Å². The number of carboxylic acid groups (broad SMARTS) is 1. The molecule has 13 heteroatoms. The first-order valence-corrected chi connectivity index (χ1v) is 8.76. The monoisotopic (exact) mass is 426 g/mol. The van der Waals surface area contributed by atoms with Crippen molar-refractivity contribution in [1.82, 2.24) is 11.5 Å². The molecule has 0 radical (unpaired) electrons. The van der Waals surface area contributed by atoms with E-state index in [9.17, 15) is 35.1 Å². The Morgan fingerprint density at radius 2 is 1.69 bits per heavy atom. The third-order valence-corrected chi connectivity index (χ3v) is 4.87. The standard InChI is InChI=1S/C16H27NO11.H3N/c1-5-8(17-6(2)19)12(9(20)7(4-18)26-5)27-16-11(22)10(21)13(25-3)14(28-16)15(23)24;/h5,7-14,16,18,20-22H,4H2,1-3H3,(H,17,19)(H,23,24);1H3. The van der Waals surface area contributed by atoms with Crippen LogP contribution in [0.4, 0.5) is 0 Å². The van der Waals surface area contributed by atoms with Crippen molar-refractivity contribution in [3.63, 3.8) is 0 Å². The Balaban J connectivity index is 0.00000420. The third-order valence-electron chi connectivity index (χ3n) is 4.87. The van der Waals surface area contributed by atoms with Gasteiger partial charge in [0.25, 0.3) is 0 Å². The number of aliphatic hydroxyl groups is 4. The van der Waals surface area contributed by atoms with Gasteiger partial charge in [0.1, 0.15) is 36.6 Å². The van der Waals surface area contributed by atoms with Crippen LogP contribution in [0.25, 0.3) is 0 Å². The van der Waals surface area contributed by atoms with Crippen molar-refractivity contribution >= 4 is 11.9 Å². The number of amides is 1. The average Bonchev–Trinajstić information content (AvgIpc) is 2.63. The molecule has 10 unspecified atom stereocenters. The molecule has 0 bridgehead atoms. The van der Waals surface area contributed by atoms with Gasteiger partial charge in [-0.25, -0.2) is 4.79 Å². The quantitative estimate of drug-likeness (QED) is 0.222. The van der Waals surface area contributed by atoms with Crippen molar-refractivity contribution in [3.05, 3.63) is 0 Å². The summed E-state index contributed by atoms with van der Waals surface area (Å²) in [5.74, 6) is -1.89. The minimum atomic E-state index is -1.70. The summed E-state index contributed by atoms with van der Waals surface area (Å²) < 4.78 is 21.2. The molecule has 29 heavy (non-hydrogen) atoms. The van der Waals surface area contributed by atoms with Crippen LogP contribution in [0.3, 0.4) is 0 Å². The van der Waals surface area contributed by atoms with Gasteiger partial charge in [0.05, 0.1) is 18.8 Å². The van der Waals surface area contributed by atoms with Crippen molar-refractivity contribution in [2.45, 2.75) is 75.0 Å². The Labute approximate surface area is 167 Å². The summed E-state index contributed by atoms with van der Waals surface area (Å²) in [6.45, 7) is 2.28. The minimum absolute atomic E-state index is 0. The molecule has 13 nitrogen and oxygen atoms in total. The van der Waals surface area contributed by atoms with Gasteiger partial charge < -0.3 is 55.9 Å². The zero-order valence-electron chi connectivity index (χ0n) is 16.4. The van der Waals surface area contributed by atoms with E-state index in [4.69, 9.17) is 18.9 Å². The molecule has 2 rings (SSSR count). The molecule has 10 atom stereocenters. The van der Waals surface area contributed by atoms with E-state index >= 15 is 0 Å². The summed E-state index contributed by atoms with van der Waals surface area (Å²) in [6, 6.07) is -0.897. The van der Waals surface area contributed by atoms with Gasteiger partial charge in [-0.3, -0.25) is 4.79 Å². The molecule has 0 aliphatic carbocycles. The molecule has 0 spiro atoms. The van der Waals surface area contributed by atoms with Gasteiger partial charge in [-0.1, -0.05) is 0 Å². The lowest BCUT2D eigenvalue weighted by molar-refractivity contribution is -0.327. The van der Waals surface area contributed by atoms with Crippen molar-refractivity contribution in [2.24, 2.45) is 0 Å². The average molecular weight is 426 g/mol. The highest BCUT2D eigenvalue weighted by Gasteiger charge is 2.52. The van der Waals surface area contributed by atoms with Crippen LogP contribution in [0.2, 0.25) is 0 Å². The molecule has 2 aliphatic heterocycles. The number of aliphatic hydroxyl groups excluding tert-OH is 4. The molecule has 2 aliphatic rings. The fourth-order valence-corrected chi connectivity index (χ4v) is 3.45. The molecule has 2 heterocycles. The Morgan fingerprint density at radius 1 is 1.07 bits per heavy atom. The number of carboxylic acids is 1. The molecule has 0 aromatic carbocycles. The molecule has 2 saturated heterocycles. The molecule has 170 valence electrons. The number of carbonyl (C=O) groups excluding carboxylic acids is 1. The summed E-state index contributed by atoms with van der Waals surface area (Å²) in [7, 11) is 1.16. The summed E-state index contributed by atoms with van der Waals surface area (Å²) in [5, 5.41) is 52.2. The fraction of sp³-hybridized carbons (Fsp3) is 0.875. The second-order valence-corrected chi connectivity index (χ2v) is 6.82. The predicted octanol–water partition coefficient (Wildman–Crippen LogP) is -3.27. The zero-order valence-corrected chi connectivity index (χ0v) is 16.4. The lowest BCUT2D eigenvalue weighted by atomic mass is 9.92. The Hall–Kier alpha value is -1.42. The highest BCUT2D eigenvalue weighted by atomic mass is 16.7. The van der Waals surface area contributed by atoms with Gasteiger partial charge in [-0.15, -0.1) is 0 Å². The first kappa shape index (κ1) is 25.6. The fourth-order valence-electron chi connectivity index (χ4n) is 3.45. The predicted molar refractivity (Wildman–Crippen MR) is 94.0 cm³/mol. The van der Waals surface area contributed by atoms with E-state index in [2.05, 4.69) is 5.32 Å². The first-order valence-electron chi connectivity index (χ1n) is 8.76. The van der Waals surface area contributed by atoms with Gasteiger partial charge in [0, 0.05) is 14.0 Å². The van der Waals surface area contributed by atoms with Crippen molar-refractivity contribution in [1.29, 1.82) is 0 Å². The Morgan fingerprint density at radius 3 is 2.17 bits per heavy atom. The molecule has 1 amide bonds. The van der Waals surface area contributed by atoms with E-state index in [1.165, 1.54) is 6.92 Å². The highest BCUT2D eigenvalue weighted by molar-refractivity contribution is 5.73. The van der Waals surface area contributed by atoms with E-state index in [1.54, 1.807) is 6.92 Å². The van der Waals surface area contributed by atoms with Gasteiger partial charge in [0.2, 0.25) is 5.91 Å². The van der Waals surface area contributed by atoms with Gasteiger partial charge in [-0.05, 0) is 6.92 Å². The van der Waals surface area contributed by atoms with Crippen LogP contribution < -0.4 is 11.5 Å². The maximum absolute atomic E-state index is 11.5. The number of nitrogens with one attached hydrogen (secondary N) is 1. The molecule has 9 N–H and O–H groups in total. The topological polar surface area (TPSA) is 219 Å². The van der Waals surface area contributed by atoms with Crippen LogP contribution >= 0.6 is 0 Å². The maximum Gasteiger partial charge on any atom is 0.335 e. The Bertz CT molecular complexity index is 565. The van der Waals surface area contributed by atoms with Crippen LogP contribution in [0.15, 0.2) is 0 Å². The molecule has 0 aromatic rings. The van der Waals surface area contributed by atoms with Crippen molar-refractivity contribution in [2.75, 3.05) is 13.7 Å². The SMILES string of the molecule is COC1C(C(=O)O)OC(OC2C(O)C(CO)OC(C)C2NC(C)=O)C(O)C1O.N. The number of hydrogen-bond acceptors (Lipinski definition) is 11. The number of methoxy groups -OCH3 is 1. The molecule has 0 saturated carbocycles. The number of ether oxygens (including phenoxy) is 4. The van der Waals surface area contributed by atoms with Gasteiger partial charge >= 0.3 is 5.97 Å². The second kappa shape index (κ2) is 10.6. The van der Waals surface area contributed by atoms with Crippen molar-refractivity contribution in [3.8, 4) is 0 Å². The molecule has 2 fully saturated rings.